The van der Waals surface area contributed by atoms with E-state index in [0.29, 0.717) is 11.9 Å². The van der Waals surface area contributed by atoms with Crippen molar-refractivity contribution in [3.8, 4) is 0 Å². The number of nitrogens with zero attached hydrogens (tertiary/aromatic N) is 3. The second-order valence-electron chi connectivity index (χ2n) is 4.36. The zero-order valence-electron chi connectivity index (χ0n) is 9.72. The first kappa shape index (κ1) is 11.5. The molecule has 1 aromatic heterocycles. The Morgan fingerprint density at radius 3 is 2.81 bits per heavy atom. The van der Waals surface area contributed by atoms with Crippen molar-refractivity contribution in [3.63, 3.8) is 0 Å². The molecule has 1 saturated carbocycles. The van der Waals surface area contributed by atoms with Crippen molar-refractivity contribution in [1.29, 1.82) is 0 Å². The minimum atomic E-state index is 0.278. The zero-order chi connectivity index (χ0) is 11.4. The van der Waals surface area contributed by atoms with Crippen LogP contribution in [0.15, 0.2) is 4.52 Å². The van der Waals surface area contributed by atoms with E-state index in [4.69, 9.17) is 9.63 Å². The van der Waals surface area contributed by atoms with Gasteiger partial charge >= 0.3 is 0 Å². The molecule has 1 fully saturated rings. The smallest absolute Gasteiger partial charge is 0.223 e. The normalized spacial score (nSPS) is 15.9. The van der Waals surface area contributed by atoms with Crippen LogP contribution < -0.4 is 0 Å². The van der Waals surface area contributed by atoms with Crippen LogP contribution >= 0.6 is 0 Å². The van der Waals surface area contributed by atoms with Gasteiger partial charge in [-0.2, -0.15) is 4.98 Å². The highest BCUT2D eigenvalue weighted by molar-refractivity contribution is 4.90. The van der Waals surface area contributed by atoms with E-state index in [1.807, 2.05) is 6.92 Å². The van der Waals surface area contributed by atoms with Crippen LogP contribution in [0.3, 0.4) is 0 Å². The Kier molecular flexibility index (Phi) is 3.90. The van der Waals surface area contributed by atoms with Gasteiger partial charge in [0, 0.05) is 19.6 Å². The van der Waals surface area contributed by atoms with Gasteiger partial charge in [0.25, 0.3) is 0 Å². The van der Waals surface area contributed by atoms with Gasteiger partial charge in [-0.1, -0.05) is 5.16 Å². The predicted octanol–water partition coefficient (Wildman–Crippen LogP) is 1.11. The molecule has 0 atom stereocenters. The molecule has 5 heteroatoms. The van der Waals surface area contributed by atoms with Crippen molar-refractivity contribution in [3.05, 3.63) is 11.7 Å². The maximum Gasteiger partial charge on any atom is 0.223 e. The second kappa shape index (κ2) is 5.41. The van der Waals surface area contributed by atoms with E-state index < -0.39 is 0 Å². The molecule has 1 aromatic rings. The van der Waals surface area contributed by atoms with Crippen LogP contribution in [-0.4, -0.2) is 39.3 Å². The van der Waals surface area contributed by atoms with Crippen molar-refractivity contribution in [1.82, 2.24) is 15.0 Å². The average molecular weight is 225 g/mol. The summed E-state index contributed by atoms with van der Waals surface area (Å²) in [5.74, 6) is 1.40. The predicted molar refractivity (Wildman–Crippen MR) is 58.8 cm³/mol. The molecule has 0 spiro atoms. The summed E-state index contributed by atoms with van der Waals surface area (Å²) in [6, 6.07) is 0.692. The van der Waals surface area contributed by atoms with Crippen LogP contribution in [0.5, 0.6) is 0 Å². The summed E-state index contributed by atoms with van der Waals surface area (Å²) < 4.78 is 4.96. The molecule has 2 rings (SSSR count). The minimum Gasteiger partial charge on any atom is -0.396 e. The summed E-state index contributed by atoms with van der Waals surface area (Å²) in [6.07, 6.45) is 4.45. The molecular weight excluding hydrogens is 206 g/mol. The van der Waals surface area contributed by atoms with E-state index in [-0.39, 0.29) is 6.61 Å². The van der Waals surface area contributed by atoms with Gasteiger partial charge in [-0.15, -0.1) is 0 Å². The first-order chi connectivity index (χ1) is 7.79. The Hall–Kier alpha value is -0.940. The molecule has 0 unspecified atom stereocenters. The molecule has 5 nitrogen and oxygen atoms in total. The number of hydrogen-bond donors (Lipinski definition) is 1. The van der Waals surface area contributed by atoms with E-state index in [2.05, 4.69) is 15.0 Å². The molecule has 1 aliphatic rings. The molecule has 0 saturated heterocycles. The highest BCUT2D eigenvalue weighted by Crippen LogP contribution is 2.28. The molecule has 0 aliphatic heterocycles. The summed E-state index contributed by atoms with van der Waals surface area (Å²) in [5.41, 5.74) is 0. The average Bonchev–Trinajstić information content (AvgIpc) is 3.02. The van der Waals surface area contributed by atoms with Crippen molar-refractivity contribution < 1.29 is 9.63 Å². The van der Waals surface area contributed by atoms with Crippen LogP contribution in [0.1, 0.15) is 37.4 Å². The van der Waals surface area contributed by atoms with Crippen LogP contribution in [0.4, 0.5) is 0 Å². The summed E-state index contributed by atoms with van der Waals surface area (Å²) in [5, 5.41) is 12.7. The number of aliphatic hydroxyl groups excluding tert-OH is 1. The standard InChI is InChI=1S/C11H19N3O2/c1-9-12-11(13-16-9)8-14(10-4-5-10)6-2-3-7-15/h10,15H,2-8H2,1H3. The zero-order valence-corrected chi connectivity index (χ0v) is 9.72. The highest BCUT2D eigenvalue weighted by Gasteiger charge is 2.29. The third-order valence-electron chi connectivity index (χ3n) is 2.83. The molecule has 0 radical (unpaired) electrons. The number of aryl methyl sites for hydroxylation is 1. The molecule has 0 amide bonds. The molecule has 90 valence electrons. The van der Waals surface area contributed by atoms with Gasteiger partial charge in [0.1, 0.15) is 0 Å². The SMILES string of the molecule is Cc1nc(CN(CCCCO)C2CC2)no1. The molecule has 0 aromatic carbocycles. The molecule has 1 aliphatic carbocycles. The molecule has 1 heterocycles. The van der Waals surface area contributed by atoms with E-state index in [0.717, 1.165) is 31.8 Å². The van der Waals surface area contributed by atoms with Gasteiger partial charge in [-0.3, -0.25) is 4.90 Å². The number of aromatic nitrogens is 2. The van der Waals surface area contributed by atoms with Crippen molar-refractivity contribution in [2.75, 3.05) is 13.2 Å². The Labute approximate surface area is 95.4 Å². The van der Waals surface area contributed by atoms with E-state index >= 15 is 0 Å². The highest BCUT2D eigenvalue weighted by atomic mass is 16.5. The van der Waals surface area contributed by atoms with Crippen LogP contribution in [0.25, 0.3) is 0 Å². The maximum atomic E-state index is 8.77. The van der Waals surface area contributed by atoms with Crippen LogP contribution in [0.2, 0.25) is 0 Å². The number of aliphatic hydroxyl groups is 1. The lowest BCUT2D eigenvalue weighted by atomic mass is 10.3. The van der Waals surface area contributed by atoms with E-state index in [1.54, 1.807) is 0 Å². The van der Waals surface area contributed by atoms with Gasteiger partial charge in [0.2, 0.25) is 5.89 Å². The summed E-state index contributed by atoms with van der Waals surface area (Å²) in [6.45, 7) is 3.87. The largest absolute Gasteiger partial charge is 0.396 e. The van der Waals surface area contributed by atoms with E-state index in [9.17, 15) is 0 Å². The van der Waals surface area contributed by atoms with Gasteiger partial charge in [-0.05, 0) is 32.2 Å². The topological polar surface area (TPSA) is 62.4 Å². The van der Waals surface area contributed by atoms with Crippen LogP contribution in [0, 0.1) is 6.92 Å². The fourth-order valence-corrected chi connectivity index (χ4v) is 1.84. The summed E-state index contributed by atoms with van der Waals surface area (Å²) in [7, 11) is 0. The fraction of sp³-hybridized carbons (Fsp3) is 0.818. The van der Waals surface area contributed by atoms with E-state index in [1.165, 1.54) is 12.8 Å². The maximum absolute atomic E-state index is 8.77. The third-order valence-corrected chi connectivity index (χ3v) is 2.83. The Morgan fingerprint density at radius 2 is 2.25 bits per heavy atom. The first-order valence-corrected chi connectivity index (χ1v) is 5.93. The summed E-state index contributed by atoms with van der Waals surface area (Å²) in [4.78, 5) is 6.61. The molecule has 0 bridgehead atoms. The number of rotatable bonds is 7. The molecule has 1 N–H and O–H groups in total. The number of unbranched alkanes of at least 4 members (excludes halogenated alkanes) is 1. The van der Waals surface area contributed by atoms with Gasteiger partial charge in [0.05, 0.1) is 6.54 Å². The monoisotopic (exact) mass is 225 g/mol. The lowest BCUT2D eigenvalue weighted by molar-refractivity contribution is 0.222. The summed E-state index contributed by atoms with van der Waals surface area (Å²) >= 11 is 0. The molecular formula is C11H19N3O2. The van der Waals surface area contributed by atoms with Gasteiger partial charge in [0.15, 0.2) is 5.82 Å². The van der Waals surface area contributed by atoms with Gasteiger partial charge in [-0.25, -0.2) is 0 Å². The minimum absolute atomic E-state index is 0.278. The Balaban J connectivity index is 1.82. The lowest BCUT2D eigenvalue weighted by Gasteiger charge is -2.19. The second-order valence-corrected chi connectivity index (χ2v) is 4.36. The molecule has 16 heavy (non-hydrogen) atoms. The first-order valence-electron chi connectivity index (χ1n) is 5.93. The van der Waals surface area contributed by atoms with Crippen molar-refractivity contribution in [2.24, 2.45) is 0 Å². The third kappa shape index (κ3) is 3.28. The lowest BCUT2D eigenvalue weighted by Crippen LogP contribution is -2.27. The van der Waals surface area contributed by atoms with Crippen molar-refractivity contribution in [2.45, 2.75) is 45.2 Å². The van der Waals surface area contributed by atoms with Gasteiger partial charge < -0.3 is 9.63 Å². The Morgan fingerprint density at radius 1 is 1.44 bits per heavy atom. The van der Waals surface area contributed by atoms with Crippen molar-refractivity contribution >= 4 is 0 Å². The Bertz CT molecular complexity index is 323. The number of hydrogen-bond acceptors (Lipinski definition) is 5. The fourth-order valence-electron chi connectivity index (χ4n) is 1.84. The quantitative estimate of drug-likeness (QED) is 0.704. The van der Waals surface area contributed by atoms with Crippen LogP contribution in [-0.2, 0) is 6.54 Å².